The third-order valence-corrected chi connectivity index (χ3v) is 4.40. The van der Waals surface area contributed by atoms with Crippen LogP contribution < -0.4 is 0 Å². The first kappa shape index (κ1) is 14.9. The molecule has 0 aliphatic carbocycles. The Morgan fingerprint density at radius 3 is 3.08 bits per heavy atom. The van der Waals surface area contributed by atoms with Gasteiger partial charge in [-0.05, 0) is 36.8 Å². The van der Waals surface area contributed by atoms with Crippen LogP contribution in [-0.4, -0.2) is 45.7 Å². The maximum atomic E-state index is 13.4. The average Bonchev–Trinajstić information content (AvgIpc) is 3.19. The molecule has 0 spiro atoms. The lowest BCUT2D eigenvalue weighted by molar-refractivity contribution is -0.00433. The van der Waals surface area contributed by atoms with Gasteiger partial charge in [0, 0.05) is 17.4 Å². The molecular formula is C17H17FN4O2. The van der Waals surface area contributed by atoms with Crippen molar-refractivity contribution in [2.24, 2.45) is 0 Å². The Kier molecular flexibility index (Phi) is 3.57. The van der Waals surface area contributed by atoms with Gasteiger partial charge in [-0.1, -0.05) is 0 Å². The summed E-state index contributed by atoms with van der Waals surface area (Å²) in [5, 5.41) is 7.68. The zero-order valence-corrected chi connectivity index (χ0v) is 13.2. The molecule has 0 saturated carbocycles. The van der Waals surface area contributed by atoms with Crippen molar-refractivity contribution in [2.45, 2.75) is 13.0 Å². The van der Waals surface area contributed by atoms with Crippen LogP contribution in [0.15, 0.2) is 30.5 Å². The Hall–Kier alpha value is -2.67. The zero-order chi connectivity index (χ0) is 16.7. The van der Waals surface area contributed by atoms with E-state index in [0.717, 1.165) is 16.8 Å². The van der Waals surface area contributed by atoms with Crippen LogP contribution in [0.5, 0.6) is 0 Å². The van der Waals surface area contributed by atoms with Gasteiger partial charge in [0.05, 0.1) is 31.1 Å². The van der Waals surface area contributed by atoms with Crippen molar-refractivity contribution in [1.29, 1.82) is 0 Å². The van der Waals surface area contributed by atoms with Crippen LogP contribution in [0.25, 0.3) is 10.9 Å². The van der Waals surface area contributed by atoms with E-state index >= 15 is 0 Å². The van der Waals surface area contributed by atoms with Crippen LogP contribution >= 0.6 is 0 Å². The Morgan fingerprint density at radius 1 is 1.42 bits per heavy atom. The highest BCUT2D eigenvalue weighted by Crippen LogP contribution is 2.27. The number of amides is 1. The molecule has 1 atom stereocenters. The summed E-state index contributed by atoms with van der Waals surface area (Å²) in [6.07, 6.45) is 1.73. The van der Waals surface area contributed by atoms with Crippen molar-refractivity contribution in [3.05, 3.63) is 53.2 Å². The monoisotopic (exact) mass is 328 g/mol. The number of carbonyl (C=O) groups excluding carboxylic acids is 1. The average molecular weight is 328 g/mol. The van der Waals surface area contributed by atoms with Crippen LogP contribution in [0.2, 0.25) is 0 Å². The standard InChI is InChI=1S/C17H17FN4O2/c1-10-8-19-21-16(10)15-9-24-5-4-22(15)17(23)14-7-11-6-12(18)2-3-13(11)20-14/h2-3,6-8,15,20H,4-5,9H2,1H3,(H,19,21)/t15-/m1/s1. The van der Waals surface area contributed by atoms with E-state index in [4.69, 9.17) is 4.74 Å². The summed E-state index contributed by atoms with van der Waals surface area (Å²) in [6.45, 7) is 3.35. The minimum atomic E-state index is -0.321. The molecule has 1 amide bonds. The molecule has 0 unspecified atom stereocenters. The van der Waals surface area contributed by atoms with Crippen molar-refractivity contribution in [2.75, 3.05) is 19.8 Å². The maximum absolute atomic E-state index is 13.4. The quantitative estimate of drug-likeness (QED) is 0.759. The van der Waals surface area contributed by atoms with Gasteiger partial charge in [-0.15, -0.1) is 0 Å². The van der Waals surface area contributed by atoms with E-state index in [1.807, 2.05) is 6.92 Å². The molecule has 24 heavy (non-hydrogen) atoms. The van der Waals surface area contributed by atoms with Crippen molar-refractivity contribution in [3.8, 4) is 0 Å². The molecule has 7 heteroatoms. The molecule has 124 valence electrons. The second-order valence-corrected chi connectivity index (χ2v) is 5.97. The summed E-state index contributed by atoms with van der Waals surface area (Å²) >= 11 is 0. The number of benzene rings is 1. The number of morpholine rings is 1. The van der Waals surface area contributed by atoms with Gasteiger partial charge in [-0.2, -0.15) is 5.10 Å². The van der Waals surface area contributed by atoms with E-state index in [1.165, 1.54) is 12.1 Å². The number of aromatic amines is 2. The number of fused-ring (bicyclic) bond motifs is 1. The molecule has 2 N–H and O–H groups in total. The van der Waals surface area contributed by atoms with Crippen molar-refractivity contribution < 1.29 is 13.9 Å². The van der Waals surface area contributed by atoms with Crippen LogP contribution in [0.1, 0.15) is 27.8 Å². The number of H-pyrrole nitrogens is 2. The van der Waals surface area contributed by atoms with Gasteiger partial charge in [0.2, 0.25) is 0 Å². The molecule has 3 heterocycles. The smallest absolute Gasteiger partial charge is 0.271 e. The predicted molar refractivity (Wildman–Crippen MR) is 86.2 cm³/mol. The van der Waals surface area contributed by atoms with Gasteiger partial charge in [-0.3, -0.25) is 9.89 Å². The molecule has 1 aromatic carbocycles. The number of hydrogen-bond donors (Lipinski definition) is 2. The molecule has 6 nitrogen and oxygen atoms in total. The van der Waals surface area contributed by atoms with E-state index in [0.29, 0.717) is 30.8 Å². The first-order valence-corrected chi connectivity index (χ1v) is 7.80. The summed E-state index contributed by atoms with van der Waals surface area (Å²) in [5.74, 6) is -0.452. The number of carbonyl (C=O) groups is 1. The third-order valence-electron chi connectivity index (χ3n) is 4.40. The summed E-state index contributed by atoms with van der Waals surface area (Å²) < 4.78 is 18.9. The lowest BCUT2D eigenvalue weighted by atomic mass is 10.1. The minimum absolute atomic E-state index is 0.131. The second-order valence-electron chi connectivity index (χ2n) is 5.97. The van der Waals surface area contributed by atoms with Crippen molar-refractivity contribution in [1.82, 2.24) is 20.1 Å². The van der Waals surface area contributed by atoms with Crippen LogP contribution in [0, 0.1) is 12.7 Å². The molecule has 4 rings (SSSR count). The molecular weight excluding hydrogens is 311 g/mol. The van der Waals surface area contributed by atoms with Crippen LogP contribution in [0.4, 0.5) is 4.39 Å². The Labute approximate surface area is 137 Å². The summed E-state index contributed by atoms with van der Waals surface area (Å²) in [5.41, 5.74) is 3.05. The molecule has 1 aliphatic rings. The number of aromatic nitrogens is 3. The Morgan fingerprint density at radius 2 is 2.29 bits per heavy atom. The molecule has 0 radical (unpaired) electrons. The van der Waals surface area contributed by atoms with Gasteiger partial charge < -0.3 is 14.6 Å². The van der Waals surface area contributed by atoms with E-state index in [-0.39, 0.29) is 17.8 Å². The highest BCUT2D eigenvalue weighted by molar-refractivity contribution is 5.98. The number of halogens is 1. The summed E-state index contributed by atoms with van der Waals surface area (Å²) in [4.78, 5) is 17.8. The van der Waals surface area contributed by atoms with Gasteiger partial charge in [0.1, 0.15) is 11.5 Å². The maximum Gasteiger partial charge on any atom is 0.271 e. The Bertz CT molecular complexity index is 901. The largest absolute Gasteiger partial charge is 0.377 e. The first-order valence-electron chi connectivity index (χ1n) is 7.80. The molecule has 0 bridgehead atoms. The SMILES string of the molecule is Cc1cn[nH]c1[C@H]1COCCN1C(=O)c1cc2cc(F)ccc2[nH]1. The molecule has 1 aliphatic heterocycles. The van der Waals surface area contributed by atoms with Crippen LogP contribution in [0.3, 0.4) is 0 Å². The van der Waals surface area contributed by atoms with Gasteiger partial charge in [0.15, 0.2) is 0 Å². The van der Waals surface area contributed by atoms with Gasteiger partial charge in [-0.25, -0.2) is 4.39 Å². The minimum Gasteiger partial charge on any atom is -0.377 e. The van der Waals surface area contributed by atoms with E-state index in [9.17, 15) is 9.18 Å². The first-order chi connectivity index (χ1) is 11.6. The zero-order valence-electron chi connectivity index (χ0n) is 13.2. The number of nitrogens with one attached hydrogen (secondary N) is 2. The molecule has 2 aromatic heterocycles. The Balaban J connectivity index is 1.69. The number of ether oxygens (including phenoxy) is 1. The lowest BCUT2D eigenvalue weighted by Gasteiger charge is -2.35. The topological polar surface area (TPSA) is 74.0 Å². The number of rotatable bonds is 2. The van der Waals surface area contributed by atoms with E-state index < -0.39 is 0 Å². The van der Waals surface area contributed by atoms with Gasteiger partial charge in [0.25, 0.3) is 5.91 Å². The number of aryl methyl sites for hydroxylation is 1. The van der Waals surface area contributed by atoms with Gasteiger partial charge >= 0.3 is 0 Å². The molecule has 1 saturated heterocycles. The summed E-state index contributed by atoms with van der Waals surface area (Å²) in [7, 11) is 0. The lowest BCUT2D eigenvalue weighted by Crippen LogP contribution is -2.44. The summed E-state index contributed by atoms with van der Waals surface area (Å²) in [6, 6.07) is 5.90. The fourth-order valence-electron chi connectivity index (χ4n) is 3.15. The number of hydrogen-bond acceptors (Lipinski definition) is 3. The van der Waals surface area contributed by atoms with Crippen LogP contribution in [-0.2, 0) is 4.74 Å². The molecule has 3 aromatic rings. The second kappa shape index (κ2) is 5.76. The fraction of sp³-hybridized carbons (Fsp3) is 0.294. The van der Waals surface area contributed by atoms with Crippen molar-refractivity contribution >= 4 is 16.8 Å². The highest BCUT2D eigenvalue weighted by atomic mass is 19.1. The van der Waals surface area contributed by atoms with Crippen molar-refractivity contribution in [3.63, 3.8) is 0 Å². The molecule has 1 fully saturated rings. The van der Waals surface area contributed by atoms with E-state index in [2.05, 4.69) is 15.2 Å². The fourth-order valence-corrected chi connectivity index (χ4v) is 3.15. The predicted octanol–water partition coefficient (Wildman–Crippen LogP) is 2.55. The third kappa shape index (κ3) is 2.46. The normalized spacial score (nSPS) is 18.2. The highest BCUT2D eigenvalue weighted by Gasteiger charge is 2.32. The van der Waals surface area contributed by atoms with E-state index in [1.54, 1.807) is 23.2 Å². The number of nitrogens with zero attached hydrogens (tertiary/aromatic N) is 2.